The first-order valence-electron chi connectivity index (χ1n) is 19.8. The maximum absolute atomic E-state index is 3.17. The van der Waals surface area contributed by atoms with E-state index in [1.54, 1.807) is 0 Å². The number of nitrogens with zero attached hydrogens (tertiary/aromatic N) is 2. The summed E-state index contributed by atoms with van der Waals surface area (Å²) in [7, 11) is 0. The van der Waals surface area contributed by atoms with Crippen LogP contribution in [0.1, 0.15) is 44.5 Å². The van der Waals surface area contributed by atoms with Crippen molar-refractivity contribution in [2.75, 3.05) is 9.80 Å². The topological polar surface area (TPSA) is 6.48 Å². The smallest absolute Gasteiger partial charge is 0.0485 e. The molecular formula is C56H46N2. The molecule has 0 saturated heterocycles. The van der Waals surface area contributed by atoms with Gasteiger partial charge in [0.05, 0.1) is 0 Å². The second kappa shape index (κ2) is 17.2. The van der Waals surface area contributed by atoms with Gasteiger partial charge in [-0.15, -0.1) is 0 Å². The van der Waals surface area contributed by atoms with Gasteiger partial charge in [0.2, 0.25) is 0 Å². The number of rotatable bonds is 11. The second-order valence-electron chi connectivity index (χ2n) is 14.8. The summed E-state index contributed by atoms with van der Waals surface area (Å²) in [5.41, 5.74) is 18.5. The Balaban J connectivity index is 1.18. The largest absolute Gasteiger partial charge is 0.316 e. The Bertz CT molecular complexity index is 2390. The molecule has 8 rings (SSSR count). The predicted octanol–water partition coefficient (Wildman–Crippen LogP) is 14.6. The summed E-state index contributed by atoms with van der Waals surface area (Å²) < 4.78 is 0. The van der Waals surface area contributed by atoms with Crippen LogP contribution in [0, 0.1) is 39.8 Å². The van der Waals surface area contributed by atoms with Gasteiger partial charge in [-0.25, -0.2) is 0 Å². The zero-order chi connectivity index (χ0) is 39.8. The lowest BCUT2D eigenvalue weighted by Crippen LogP contribution is -2.12. The van der Waals surface area contributed by atoms with E-state index in [1.165, 1.54) is 33.4 Å². The molecule has 0 unspecified atom stereocenters. The number of benzene rings is 7. The van der Waals surface area contributed by atoms with Crippen molar-refractivity contribution in [3.05, 3.63) is 263 Å². The first-order valence-corrected chi connectivity index (χ1v) is 19.8. The summed E-state index contributed by atoms with van der Waals surface area (Å²) in [6, 6.07) is 75.3. The summed E-state index contributed by atoms with van der Waals surface area (Å²) in [5.74, 6) is 0. The molecular weight excluding hydrogens is 701 g/mol. The van der Waals surface area contributed by atoms with Crippen LogP contribution in [0.15, 0.2) is 207 Å². The quantitative estimate of drug-likeness (QED) is 0.130. The van der Waals surface area contributed by atoms with Crippen molar-refractivity contribution in [2.45, 2.75) is 27.7 Å². The van der Waals surface area contributed by atoms with Gasteiger partial charge in [0.15, 0.2) is 0 Å². The minimum absolute atomic E-state index is 1.08. The summed E-state index contributed by atoms with van der Waals surface area (Å²) in [6.07, 6.45) is 4.55. The monoisotopic (exact) mass is 746 g/mol. The van der Waals surface area contributed by atoms with Crippen LogP contribution in [0.25, 0.3) is 22.3 Å². The van der Waals surface area contributed by atoms with Crippen molar-refractivity contribution >= 4 is 33.9 Å². The summed E-state index contributed by atoms with van der Waals surface area (Å²) in [6.45, 7) is 8.68. The van der Waals surface area contributed by atoms with E-state index in [0.717, 1.165) is 56.1 Å². The highest BCUT2D eigenvalue weighted by Gasteiger charge is 2.17. The van der Waals surface area contributed by atoms with Crippen molar-refractivity contribution in [1.29, 1.82) is 0 Å². The second-order valence-corrected chi connectivity index (χ2v) is 14.8. The van der Waals surface area contributed by atoms with Crippen LogP contribution < -0.4 is 9.80 Å². The van der Waals surface area contributed by atoms with Crippen LogP contribution in [0.5, 0.6) is 0 Å². The standard InChI is InChI=1S/C56H46N2/c1-41-25-35-55(43(3)37-41)57(39-53(47-17-9-5-10-18-47)48-19-11-6-12-20-48)51-31-27-45(28-32-51)46-29-33-52(34-30-46)58(56-36-26-42(2)38-44(56)4)40-54(49-21-13-7-14-22-49)50-23-15-8-16-24-50/h5-7,9-15,17-40H,1-4H3/b54-40+. The average molecular weight is 747 g/mol. The van der Waals surface area contributed by atoms with Crippen LogP contribution in [-0.4, -0.2) is 0 Å². The van der Waals surface area contributed by atoms with Crippen LogP contribution in [0.4, 0.5) is 22.7 Å². The Morgan fingerprint density at radius 2 is 0.793 bits per heavy atom. The third kappa shape index (κ3) is 8.41. The van der Waals surface area contributed by atoms with Crippen LogP contribution in [-0.2, 0) is 0 Å². The Morgan fingerprint density at radius 3 is 1.16 bits per heavy atom. The first-order chi connectivity index (χ1) is 28.4. The van der Waals surface area contributed by atoms with Crippen LogP contribution in [0.3, 0.4) is 0 Å². The van der Waals surface area contributed by atoms with Gasteiger partial charge in [0.1, 0.15) is 0 Å². The molecule has 0 radical (unpaired) electrons. The van der Waals surface area contributed by atoms with Crippen molar-refractivity contribution < 1.29 is 0 Å². The Kier molecular flexibility index (Phi) is 11.1. The molecule has 280 valence electrons. The van der Waals surface area contributed by atoms with Gasteiger partial charge in [0, 0.05) is 46.3 Å². The van der Waals surface area contributed by atoms with E-state index < -0.39 is 0 Å². The lowest BCUT2D eigenvalue weighted by Gasteiger charge is -2.26. The lowest BCUT2D eigenvalue weighted by molar-refractivity contribution is 1.23. The van der Waals surface area contributed by atoms with Crippen molar-refractivity contribution in [3.8, 4) is 11.1 Å². The van der Waals surface area contributed by atoms with Crippen LogP contribution >= 0.6 is 0 Å². The van der Waals surface area contributed by atoms with E-state index in [9.17, 15) is 0 Å². The third-order valence-corrected chi connectivity index (χ3v) is 10.6. The molecule has 0 spiro atoms. The van der Waals surface area contributed by atoms with E-state index in [4.69, 9.17) is 0 Å². The molecule has 0 aromatic heterocycles. The highest BCUT2D eigenvalue weighted by atomic mass is 15.1. The highest BCUT2D eigenvalue weighted by Crippen LogP contribution is 2.37. The molecule has 0 saturated carbocycles. The Labute approximate surface area is 344 Å². The van der Waals surface area contributed by atoms with Gasteiger partial charge in [0.25, 0.3) is 0 Å². The average Bonchev–Trinajstić information content (AvgIpc) is 3.27. The molecule has 58 heavy (non-hydrogen) atoms. The molecule has 0 bridgehead atoms. The van der Waals surface area contributed by atoms with E-state index in [2.05, 4.69) is 244 Å². The number of anilines is 4. The van der Waals surface area contributed by atoms with E-state index in [-0.39, 0.29) is 0 Å². The molecule has 0 fully saturated rings. The molecule has 0 atom stereocenters. The van der Waals surface area contributed by atoms with Gasteiger partial charge in [-0.1, -0.05) is 163 Å². The lowest BCUT2D eigenvalue weighted by atomic mass is 9.98. The summed E-state index contributed by atoms with van der Waals surface area (Å²) >= 11 is 0. The molecule has 0 aliphatic heterocycles. The van der Waals surface area contributed by atoms with E-state index in [1.807, 2.05) is 12.1 Å². The molecule has 8 aromatic rings. The fraction of sp³-hybridized carbons (Fsp3) is 0.0714. The summed E-state index contributed by atoms with van der Waals surface area (Å²) in [4.78, 5) is 4.64. The molecule has 0 amide bonds. The SMILES string of the molecule is Cc1ccc(N(C=C(c2ccccc2)c2ccccc2)c2ccc(-c3ccc(N(/C=C(/c4cc#ccc4)c4ccccc4)c4ccc(C)cc4C)cc3)cc2)c(C)c1. The van der Waals surface area contributed by atoms with Gasteiger partial charge in [-0.05, 0) is 127 Å². The fourth-order valence-corrected chi connectivity index (χ4v) is 7.60. The van der Waals surface area contributed by atoms with Gasteiger partial charge >= 0.3 is 0 Å². The maximum Gasteiger partial charge on any atom is 0.0485 e. The van der Waals surface area contributed by atoms with Crippen molar-refractivity contribution in [1.82, 2.24) is 0 Å². The normalized spacial score (nSPS) is 11.1. The number of aryl methyl sites for hydroxylation is 4. The Hall–Kier alpha value is -7.34. The van der Waals surface area contributed by atoms with E-state index in [0.29, 0.717) is 0 Å². The summed E-state index contributed by atoms with van der Waals surface area (Å²) in [5, 5.41) is 0. The first kappa shape index (κ1) is 37.6. The minimum Gasteiger partial charge on any atom is -0.316 e. The zero-order valence-corrected chi connectivity index (χ0v) is 33.5. The molecule has 2 heteroatoms. The van der Waals surface area contributed by atoms with Crippen molar-refractivity contribution in [2.24, 2.45) is 0 Å². The maximum atomic E-state index is 3.17. The molecule has 8 aromatic carbocycles. The van der Waals surface area contributed by atoms with Gasteiger partial charge < -0.3 is 9.80 Å². The zero-order valence-electron chi connectivity index (χ0n) is 33.5. The molecule has 0 N–H and O–H groups in total. The van der Waals surface area contributed by atoms with Crippen LogP contribution in [0.2, 0.25) is 0 Å². The predicted molar refractivity (Wildman–Crippen MR) is 246 cm³/mol. The molecule has 0 heterocycles. The Morgan fingerprint density at radius 1 is 0.397 bits per heavy atom. The van der Waals surface area contributed by atoms with E-state index >= 15 is 0 Å². The molecule has 0 aliphatic rings. The minimum atomic E-state index is 1.08. The third-order valence-electron chi connectivity index (χ3n) is 10.6. The highest BCUT2D eigenvalue weighted by molar-refractivity contribution is 5.86. The number of hydrogen-bond acceptors (Lipinski definition) is 2. The molecule has 0 aliphatic carbocycles. The van der Waals surface area contributed by atoms with Gasteiger partial charge in [-0.2, -0.15) is 0 Å². The number of hydrogen-bond donors (Lipinski definition) is 0. The fourth-order valence-electron chi connectivity index (χ4n) is 7.60. The van der Waals surface area contributed by atoms with Gasteiger partial charge in [-0.3, -0.25) is 0 Å². The van der Waals surface area contributed by atoms with Crippen molar-refractivity contribution in [3.63, 3.8) is 0 Å². The molecule has 2 nitrogen and oxygen atoms in total.